The van der Waals surface area contributed by atoms with Crippen molar-refractivity contribution in [1.29, 1.82) is 0 Å². The molecule has 4 rings (SSSR count). The maximum atomic E-state index is 4.49. The van der Waals surface area contributed by atoms with E-state index in [4.69, 9.17) is 0 Å². The van der Waals surface area contributed by atoms with Gasteiger partial charge < -0.3 is 0 Å². The molecule has 0 aliphatic heterocycles. The van der Waals surface area contributed by atoms with Crippen LogP contribution in [-0.2, 0) is 5.54 Å². The third kappa shape index (κ3) is 0.862. The van der Waals surface area contributed by atoms with E-state index in [2.05, 4.69) is 29.8 Å². The zero-order chi connectivity index (χ0) is 9.05. The molecule has 3 aliphatic carbocycles. The molecule has 1 aromatic heterocycles. The maximum Gasteiger partial charge on any atom is 0.0635 e. The normalized spacial score (nSPS) is 35.8. The standard InChI is InChI=1S/C11H16N2/c1-8(2)10-6-12-13(7-10)11-3-9(4-11)5-11/h6-9H,3-5H2,1-2H3. The van der Waals surface area contributed by atoms with Gasteiger partial charge in [-0.3, -0.25) is 4.68 Å². The molecule has 0 radical (unpaired) electrons. The topological polar surface area (TPSA) is 17.8 Å². The minimum Gasteiger partial charge on any atom is -0.266 e. The Bertz CT molecular complexity index is 321. The van der Waals surface area contributed by atoms with E-state index in [1.54, 1.807) is 0 Å². The highest BCUT2D eigenvalue weighted by Gasteiger charge is 2.58. The van der Waals surface area contributed by atoms with Gasteiger partial charge in [-0.1, -0.05) is 13.8 Å². The molecule has 70 valence electrons. The van der Waals surface area contributed by atoms with E-state index in [1.807, 2.05) is 6.20 Å². The molecule has 0 unspecified atom stereocenters. The van der Waals surface area contributed by atoms with E-state index in [0.717, 1.165) is 5.92 Å². The summed E-state index contributed by atoms with van der Waals surface area (Å²) in [5, 5.41) is 4.49. The van der Waals surface area contributed by atoms with Crippen molar-refractivity contribution in [2.24, 2.45) is 5.92 Å². The highest BCUT2D eigenvalue weighted by molar-refractivity contribution is 5.16. The number of hydrogen-bond acceptors (Lipinski definition) is 1. The third-order valence-corrected chi connectivity index (χ3v) is 3.76. The third-order valence-electron chi connectivity index (χ3n) is 3.76. The molecule has 3 fully saturated rings. The van der Waals surface area contributed by atoms with Gasteiger partial charge in [0.1, 0.15) is 0 Å². The highest BCUT2D eigenvalue weighted by Crippen LogP contribution is 2.61. The lowest BCUT2D eigenvalue weighted by Gasteiger charge is -2.61. The van der Waals surface area contributed by atoms with Crippen LogP contribution in [0.3, 0.4) is 0 Å². The van der Waals surface area contributed by atoms with Crippen molar-refractivity contribution in [3.63, 3.8) is 0 Å². The summed E-state index contributed by atoms with van der Waals surface area (Å²) in [7, 11) is 0. The molecule has 3 saturated carbocycles. The van der Waals surface area contributed by atoms with E-state index in [9.17, 15) is 0 Å². The van der Waals surface area contributed by atoms with Gasteiger partial charge in [-0.2, -0.15) is 5.10 Å². The van der Waals surface area contributed by atoms with Gasteiger partial charge in [0.15, 0.2) is 0 Å². The number of rotatable bonds is 2. The van der Waals surface area contributed by atoms with Crippen molar-refractivity contribution < 1.29 is 0 Å². The second kappa shape index (κ2) is 2.17. The van der Waals surface area contributed by atoms with Crippen LogP contribution in [0, 0.1) is 5.92 Å². The van der Waals surface area contributed by atoms with Crippen LogP contribution in [0.5, 0.6) is 0 Å². The Morgan fingerprint density at radius 2 is 2.15 bits per heavy atom. The summed E-state index contributed by atoms with van der Waals surface area (Å²) in [6.45, 7) is 4.45. The molecular weight excluding hydrogens is 160 g/mol. The first-order valence-corrected chi connectivity index (χ1v) is 5.25. The fourth-order valence-electron chi connectivity index (χ4n) is 2.61. The van der Waals surface area contributed by atoms with E-state index in [0.29, 0.717) is 11.5 Å². The van der Waals surface area contributed by atoms with E-state index < -0.39 is 0 Å². The first-order valence-electron chi connectivity index (χ1n) is 5.25. The Labute approximate surface area is 78.9 Å². The van der Waals surface area contributed by atoms with E-state index >= 15 is 0 Å². The lowest BCUT2D eigenvalue weighted by molar-refractivity contribution is -0.0978. The predicted molar refractivity (Wildman–Crippen MR) is 51.6 cm³/mol. The fourth-order valence-corrected chi connectivity index (χ4v) is 2.61. The smallest absolute Gasteiger partial charge is 0.0635 e. The highest BCUT2D eigenvalue weighted by atomic mass is 15.3. The van der Waals surface area contributed by atoms with Crippen LogP contribution in [0.2, 0.25) is 0 Å². The zero-order valence-electron chi connectivity index (χ0n) is 8.33. The SMILES string of the molecule is CC(C)c1cnn(C23CC(C2)C3)c1. The number of aromatic nitrogens is 2. The van der Waals surface area contributed by atoms with Crippen molar-refractivity contribution in [3.05, 3.63) is 18.0 Å². The van der Waals surface area contributed by atoms with Gasteiger partial charge in [-0.25, -0.2) is 0 Å². The molecule has 0 saturated heterocycles. The summed E-state index contributed by atoms with van der Waals surface area (Å²) in [6, 6.07) is 0. The minimum atomic E-state index is 0.470. The van der Waals surface area contributed by atoms with Crippen LogP contribution in [0.15, 0.2) is 12.4 Å². The largest absolute Gasteiger partial charge is 0.266 e. The average molecular weight is 176 g/mol. The van der Waals surface area contributed by atoms with Gasteiger partial charge in [-0.15, -0.1) is 0 Å². The lowest BCUT2D eigenvalue weighted by Crippen LogP contribution is -2.59. The van der Waals surface area contributed by atoms with Crippen molar-refractivity contribution in [1.82, 2.24) is 9.78 Å². The Balaban J connectivity index is 1.89. The van der Waals surface area contributed by atoms with Gasteiger partial charge in [-0.05, 0) is 36.7 Å². The Morgan fingerprint density at radius 3 is 2.54 bits per heavy atom. The minimum absolute atomic E-state index is 0.470. The van der Waals surface area contributed by atoms with Crippen molar-refractivity contribution in [2.45, 2.75) is 44.6 Å². The zero-order valence-corrected chi connectivity index (χ0v) is 8.33. The van der Waals surface area contributed by atoms with E-state index in [1.165, 1.54) is 24.8 Å². The molecule has 0 spiro atoms. The van der Waals surface area contributed by atoms with Crippen LogP contribution in [0.1, 0.15) is 44.6 Å². The molecule has 1 aromatic rings. The maximum absolute atomic E-state index is 4.49. The second-order valence-corrected chi connectivity index (χ2v) is 5.08. The Morgan fingerprint density at radius 1 is 1.46 bits per heavy atom. The van der Waals surface area contributed by atoms with Crippen LogP contribution < -0.4 is 0 Å². The summed E-state index contributed by atoms with van der Waals surface area (Å²) in [6.07, 6.45) is 8.43. The first-order chi connectivity index (χ1) is 6.20. The van der Waals surface area contributed by atoms with Crippen LogP contribution in [0.25, 0.3) is 0 Å². The Hall–Kier alpha value is -0.790. The Kier molecular flexibility index (Phi) is 1.27. The van der Waals surface area contributed by atoms with Crippen molar-refractivity contribution >= 4 is 0 Å². The number of nitrogens with zero attached hydrogens (tertiary/aromatic N) is 2. The molecule has 0 amide bonds. The molecule has 2 heteroatoms. The first kappa shape index (κ1) is 7.60. The van der Waals surface area contributed by atoms with Crippen molar-refractivity contribution in [3.8, 4) is 0 Å². The molecule has 0 atom stereocenters. The van der Waals surface area contributed by atoms with Crippen LogP contribution >= 0.6 is 0 Å². The summed E-state index contributed by atoms with van der Waals surface area (Å²) >= 11 is 0. The van der Waals surface area contributed by atoms with Gasteiger partial charge in [0, 0.05) is 6.20 Å². The summed E-state index contributed by atoms with van der Waals surface area (Å²) in [5.41, 5.74) is 1.85. The molecule has 0 aromatic carbocycles. The van der Waals surface area contributed by atoms with Gasteiger partial charge in [0.25, 0.3) is 0 Å². The molecule has 0 N–H and O–H groups in total. The second-order valence-electron chi connectivity index (χ2n) is 5.08. The van der Waals surface area contributed by atoms with Crippen LogP contribution in [0.4, 0.5) is 0 Å². The molecule has 2 nitrogen and oxygen atoms in total. The van der Waals surface area contributed by atoms with Crippen molar-refractivity contribution in [2.75, 3.05) is 0 Å². The summed E-state index contributed by atoms with van der Waals surface area (Å²) in [5.74, 6) is 1.65. The van der Waals surface area contributed by atoms with Crippen LogP contribution in [-0.4, -0.2) is 9.78 Å². The molecular formula is C11H16N2. The summed E-state index contributed by atoms with van der Waals surface area (Å²) < 4.78 is 2.22. The molecule has 13 heavy (non-hydrogen) atoms. The fraction of sp³-hybridized carbons (Fsp3) is 0.727. The summed E-state index contributed by atoms with van der Waals surface area (Å²) in [4.78, 5) is 0. The molecule has 3 aliphatic rings. The monoisotopic (exact) mass is 176 g/mol. The predicted octanol–water partition coefficient (Wildman–Crippen LogP) is 2.52. The molecule has 2 bridgehead atoms. The van der Waals surface area contributed by atoms with Gasteiger partial charge in [0.2, 0.25) is 0 Å². The molecule has 1 heterocycles. The van der Waals surface area contributed by atoms with E-state index in [-0.39, 0.29) is 0 Å². The number of hydrogen-bond donors (Lipinski definition) is 0. The average Bonchev–Trinajstić information content (AvgIpc) is 2.28. The quantitative estimate of drug-likeness (QED) is 0.677. The van der Waals surface area contributed by atoms with Gasteiger partial charge in [0.05, 0.1) is 11.7 Å². The van der Waals surface area contributed by atoms with Gasteiger partial charge >= 0.3 is 0 Å². The lowest BCUT2D eigenvalue weighted by atomic mass is 9.50.